The summed E-state index contributed by atoms with van der Waals surface area (Å²) in [6.45, 7) is 4.66. The number of benzene rings is 1. The van der Waals surface area contributed by atoms with Gasteiger partial charge in [0, 0.05) is 31.0 Å². The maximum Gasteiger partial charge on any atom is 0.319 e. The molecule has 0 aliphatic rings. The van der Waals surface area contributed by atoms with Crippen molar-refractivity contribution < 1.29 is 9.53 Å². The molecule has 9 heteroatoms. The molecule has 4 N–H and O–H groups in total. The number of hydrogen-bond acceptors (Lipinski definition) is 7. The van der Waals surface area contributed by atoms with Crippen molar-refractivity contribution in [2.75, 3.05) is 36.1 Å². The van der Waals surface area contributed by atoms with Gasteiger partial charge >= 0.3 is 6.03 Å². The average molecular weight is 407 g/mol. The fourth-order valence-electron chi connectivity index (χ4n) is 2.73. The van der Waals surface area contributed by atoms with Gasteiger partial charge in [-0.05, 0) is 49.7 Å². The molecule has 2 heterocycles. The lowest BCUT2D eigenvalue weighted by molar-refractivity contribution is 0.252. The summed E-state index contributed by atoms with van der Waals surface area (Å²) in [7, 11) is 1.61. The zero-order valence-electron chi connectivity index (χ0n) is 17.2. The minimum Gasteiger partial charge on any atom is -0.497 e. The zero-order valence-corrected chi connectivity index (χ0v) is 17.2. The Morgan fingerprint density at radius 3 is 2.57 bits per heavy atom. The summed E-state index contributed by atoms with van der Waals surface area (Å²) in [5, 5.41) is 12.0. The molecule has 2 aromatic heterocycles. The van der Waals surface area contributed by atoms with Gasteiger partial charge in [-0.2, -0.15) is 0 Å². The Bertz CT molecular complexity index is 996. The molecule has 0 bridgehead atoms. The summed E-state index contributed by atoms with van der Waals surface area (Å²) < 4.78 is 5.17. The minimum absolute atomic E-state index is 0.276. The molecule has 3 rings (SSSR count). The highest BCUT2D eigenvalue weighted by Gasteiger charge is 2.06. The standard InChI is InChI=1S/C21H25N7O2/c1-14-12-16(30-3)7-8-17(14)27-21(29)24-11-10-23-19-13-20(26-15(2)25-19)28-18-6-4-5-9-22-18/h4-9,12-13H,10-11H2,1-3H3,(H2,24,27,29)(H2,22,23,25,26,28). The molecule has 30 heavy (non-hydrogen) atoms. The highest BCUT2D eigenvalue weighted by Crippen LogP contribution is 2.20. The van der Waals surface area contributed by atoms with E-state index in [0.717, 1.165) is 17.0 Å². The summed E-state index contributed by atoms with van der Waals surface area (Å²) in [6, 6.07) is 12.6. The van der Waals surface area contributed by atoms with Crippen LogP contribution >= 0.6 is 0 Å². The van der Waals surface area contributed by atoms with Gasteiger partial charge in [-0.15, -0.1) is 0 Å². The van der Waals surface area contributed by atoms with Crippen molar-refractivity contribution in [3.8, 4) is 5.75 Å². The lowest BCUT2D eigenvalue weighted by Gasteiger charge is -2.12. The normalized spacial score (nSPS) is 10.2. The van der Waals surface area contributed by atoms with Crippen LogP contribution in [0.1, 0.15) is 11.4 Å². The van der Waals surface area contributed by atoms with Gasteiger partial charge in [-0.3, -0.25) is 0 Å². The number of carbonyl (C=O) groups is 1. The summed E-state index contributed by atoms with van der Waals surface area (Å²) in [5.74, 6) is 3.38. The number of pyridine rings is 1. The number of aromatic nitrogens is 3. The van der Waals surface area contributed by atoms with Gasteiger partial charge in [-0.25, -0.2) is 19.7 Å². The molecule has 2 amide bonds. The number of rotatable bonds is 8. The van der Waals surface area contributed by atoms with E-state index in [9.17, 15) is 4.79 Å². The van der Waals surface area contributed by atoms with Crippen LogP contribution in [0.4, 0.5) is 27.9 Å². The Morgan fingerprint density at radius 2 is 1.83 bits per heavy atom. The number of hydrogen-bond donors (Lipinski definition) is 4. The molecule has 0 saturated carbocycles. The number of anilines is 4. The molecule has 0 radical (unpaired) electrons. The Balaban J connectivity index is 1.47. The van der Waals surface area contributed by atoms with Crippen molar-refractivity contribution in [3.05, 3.63) is 60.0 Å². The van der Waals surface area contributed by atoms with Crippen molar-refractivity contribution in [2.45, 2.75) is 13.8 Å². The fourth-order valence-corrected chi connectivity index (χ4v) is 2.73. The second-order valence-corrected chi connectivity index (χ2v) is 6.51. The van der Waals surface area contributed by atoms with Gasteiger partial charge in [-0.1, -0.05) is 6.07 Å². The van der Waals surface area contributed by atoms with E-state index in [1.807, 2.05) is 44.2 Å². The number of urea groups is 1. The number of nitrogens with one attached hydrogen (secondary N) is 4. The first-order valence-electron chi connectivity index (χ1n) is 9.50. The van der Waals surface area contributed by atoms with Gasteiger partial charge in [0.2, 0.25) is 0 Å². The third kappa shape index (κ3) is 6.06. The predicted octanol–water partition coefficient (Wildman–Crippen LogP) is 3.47. The van der Waals surface area contributed by atoms with Crippen molar-refractivity contribution in [3.63, 3.8) is 0 Å². The van der Waals surface area contributed by atoms with Crippen LogP contribution in [0.2, 0.25) is 0 Å². The second kappa shape index (κ2) is 10.1. The summed E-state index contributed by atoms with van der Waals surface area (Å²) in [5.41, 5.74) is 1.66. The number of aryl methyl sites for hydroxylation is 2. The molecule has 0 spiro atoms. The maximum atomic E-state index is 12.1. The Labute approximate surface area is 175 Å². The Hall–Kier alpha value is -3.88. The zero-order chi connectivity index (χ0) is 21.3. The van der Waals surface area contributed by atoms with Gasteiger partial charge in [0.05, 0.1) is 7.11 Å². The van der Waals surface area contributed by atoms with Crippen LogP contribution in [0.15, 0.2) is 48.7 Å². The van der Waals surface area contributed by atoms with E-state index in [0.29, 0.717) is 36.4 Å². The van der Waals surface area contributed by atoms with Crippen molar-refractivity contribution in [1.29, 1.82) is 0 Å². The molecule has 0 unspecified atom stereocenters. The summed E-state index contributed by atoms with van der Waals surface area (Å²) >= 11 is 0. The van der Waals surface area contributed by atoms with Crippen LogP contribution in [-0.4, -0.2) is 41.2 Å². The Kier molecular flexibility index (Phi) is 6.99. The van der Waals surface area contributed by atoms with E-state index < -0.39 is 0 Å². The van der Waals surface area contributed by atoms with E-state index in [1.54, 1.807) is 25.4 Å². The molecule has 156 valence electrons. The van der Waals surface area contributed by atoms with E-state index >= 15 is 0 Å². The third-order valence-corrected chi connectivity index (χ3v) is 4.16. The van der Waals surface area contributed by atoms with E-state index in [1.165, 1.54) is 0 Å². The number of nitrogens with zero attached hydrogens (tertiary/aromatic N) is 3. The van der Waals surface area contributed by atoms with Crippen LogP contribution in [0, 0.1) is 13.8 Å². The average Bonchev–Trinajstić information content (AvgIpc) is 2.73. The molecule has 0 atom stereocenters. The van der Waals surface area contributed by atoms with Crippen molar-refractivity contribution in [1.82, 2.24) is 20.3 Å². The monoisotopic (exact) mass is 407 g/mol. The quantitative estimate of drug-likeness (QED) is 0.423. The van der Waals surface area contributed by atoms with E-state index in [2.05, 4.69) is 36.2 Å². The number of carbonyl (C=O) groups excluding carboxylic acids is 1. The predicted molar refractivity (Wildman–Crippen MR) is 118 cm³/mol. The highest BCUT2D eigenvalue weighted by molar-refractivity contribution is 5.90. The number of methoxy groups -OCH3 is 1. The molecular formula is C21H25N7O2. The molecule has 9 nitrogen and oxygen atoms in total. The summed E-state index contributed by atoms with van der Waals surface area (Å²) in [6.07, 6.45) is 1.71. The third-order valence-electron chi connectivity index (χ3n) is 4.16. The molecule has 0 fully saturated rings. The minimum atomic E-state index is -0.276. The van der Waals surface area contributed by atoms with Crippen LogP contribution in [0.5, 0.6) is 5.75 Å². The first-order valence-corrected chi connectivity index (χ1v) is 9.50. The van der Waals surface area contributed by atoms with E-state index in [-0.39, 0.29) is 6.03 Å². The Morgan fingerprint density at radius 1 is 1.00 bits per heavy atom. The molecule has 1 aromatic carbocycles. The van der Waals surface area contributed by atoms with Gasteiger partial charge in [0.1, 0.15) is 29.0 Å². The van der Waals surface area contributed by atoms with Crippen molar-refractivity contribution in [2.24, 2.45) is 0 Å². The van der Waals surface area contributed by atoms with Gasteiger partial charge in [0.15, 0.2) is 0 Å². The lowest BCUT2D eigenvalue weighted by Crippen LogP contribution is -2.33. The number of ether oxygens (including phenoxy) is 1. The van der Waals surface area contributed by atoms with Gasteiger partial charge in [0.25, 0.3) is 0 Å². The smallest absolute Gasteiger partial charge is 0.319 e. The largest absolute Gasteiger partial charge is 0.497 e. The van der Waals surface area contributed by atoms with Crippen LogP contribution < -0.4 is 26.0 Å². The maximum absolute atomic E-state index is 12.1. The molecule has 0 saturated heterocycles. The first kappa shape index (κ1) is 20.8. The molecule has 0 aliphatic heterocycles. The second-order valence-electron chi connectivity index (χ2n) is 6.51. The first-order chi connectivity index (χ1) is 14.5. The van der Waals surface area contributed by atoms with Crippen molar-refractivity contribution >= 4 is 29.2 Å². The lowest BCUT2D eigenvalue weighted by atomic mass is 10.2. The number of amides is 2. The fraction of sp³-hybridized carbons (Fsp3) is 0.238. The topological polar surface area (TPSA) is 113 Å². The highest BCUT2D eigenvalue weighted by atomic mass is 16.5. The summed E-state index contributed by atoms with van der Waals surface area (Å²) in [4.78, 5) is 25.1. The van der Waals surface area contributed by atoms with Crippen LogP contribution in [0.25, 0.3) is 0 Å². The molecule has 0 aliphatic carbocycles. The molecular weight excluding hydrogens is 382 g/mol. The van der Waals surface area contributed by atoms with Crippen LogP contribution in [0.3, 0.4) is 0 Å². The van der Waals surface area contributed by atoms with Gasteiger partial charge < -0.3 is 26.0 Å². The van der Waals surface area contributed by atoms with Crippen LogP contribution in [-0.2, 0) is 0 Å². The molecule has 3 aromatic rings. The van der Waals surface area contributed by atoms with E-state index in [4.69, 9.17) is 4.74 Å². The SMILES string of the molecule is COc1ccc(NC(=O)NCCNc2cc(Nc3ccccn3)nc(C)n2)c(C)c1.